The Kier molecular flexibility index (Phi) is 6.28. The van der Waals surface area contributed by atoms with Crippen molar-refractivity contribution < 1.29 is 4.79 Å². The molecule has 0 unspecified atom stereocenters. The van der Waals surface area contributed by atoms with Gasteiger partial charge in [-0.1, -0.05) is 61.7 Å². The monoisotopic (exact) mass is 400 g/mol. The molecule has 1 amide bonds. The number of rotatable bonds is 7. The molecule has 1 heterocycles. The molecule has 1 saturated carbocycles. The molecular formula is C25H28N4O. The van der Waals surface area contributed by atoms with Crippen LogP contribution < -0.4 is 16.4 Å². The van der Waals surface area contributed by atoms with Crippen LogP contribution in [0.3, 0.4) is 0 Å². The first-order valence-corrected chi connectivity index (χ1v) is 10.6. The highest BCUT2D eigenvalue weighted by molar-refractivity contribution is 5.98. The fourth-order valence-corrected chi connectivity index (χ4v) is 4.08. The first-order valence-electron chi connectivity index (χ1n) is 10.6. The molecule has 0 atom stereocenters. The number of anilines is 3. The molecule has 0 bridgehead atoms. The van der Waals surface area contributed by atoms with E-state index in [1.807, 2.05) is 36.4 Å². The number of aromatic nitrogens is 1. The van der Waals surface area contributed by atoms with Gasteiger partial charge < -0.3 is 16.4 Å². The summed E-state index contributed by atoms with van der Waals surface area (Å²) >= 11 is 0. The third-order valence-corrected chi connectivity index (χ3v) is 5.75. The van der Waals surface area contributed by atoms with Gasteiger partial charge in [-0.15, -0.1) is 0 Å². The number of nitrogens with zero attached hydrogens (tertiary/aromatic N) is 1. The Labute approximate surface area is 177 Å². The van der Waals surface area contributed by atoms with Crippen molar-refractivity contribution in [2.45, 2.75) is 44.6 Å². The molecule has 0 aliphatic heterocycles. The number of nitrogens with two attached hydrogens (primary N) is 1. The van der Waals surface area contributed by atoms with Gasteiger partial charge in [0.05, 0.1) is 11.3 Å². The van der Waals surface area contributed by atoms with Gasteiger partial charge in [-0.3, -0.25) is 4.79 Å². The fraction of sp³-hybridized carbons (Fsp3) is 0.280. The van der Waals surface area contributed by atoms with Gasteiger partial charge in [-0.05, 0) is 42.0 Å². The third kappa shape index (κ3) is 4.98. The predicted octanol–water partition coefficient (Wildman–Crippen LogP) is 5.58. The van der Waals surface area contributed by atoms with Crippen LogP contribution in [-0.4, -0.2) is 10.9 Å². The molecule has 4 rings (SSSR count). The average molecular weight is 401 g/mol. The highest BCUT2D eigenvalue weighted by Crippen LogP contribution is 2.33. The molecule has 0 radical (unpaired) electrons. The van der Waals surface area contributed by atoms with Crippen LogP contribution in [0.5, 0.6) is 0 Å². The van der Waals surface area contributed by atoms with Gasteiger partial charge in [-0.25, -0.2) is 4.98 Å². The van der Waals surface area contributed by atoms with Crippen LogP contribution in [0, 0.1) is 0 Å². The summed E-state index contributed by atoms with van der Waals surface area (Å²) < 4.78 is 0. The molecule has 3 aromatic rings. The maximum atomic E-state index is 11.8. The lowest BCUT2D eigenvalue weighted by molar-refractivity contribution is 0.100. The first kappa shape index (κ1) is 20.0. The molecule has 5 nitrogen and oxygen atoms in total. The Morgan fingerprint density at radius 3 is 2.43 bits per heavy atom. The molecule has 1 aliphatic rings. The van der Waals surface area contributed by atoms with Gasteiger partial charge in [0.25, 0.3) is 5.91 Å². The largest absolute Gasteiger partial charge is 0.380 e. The standard InChI is InChI=1S/C25H28N4O/c26-25(30)22-17-28-24(15-23(22)27-16-18-7-3-1-4-8-18)29-21-13-11-20(12-14-21)19-9-5-2-6-10-19/h1,3-4,7-8,11-15,17,19H,2,5-6,9-10,16H2,(H2,26,30)(H2,27,28,29). The Morgan fingerprint density at radius 1 is 1.00 bits per heavy atom. The Bertz CT molecular complexity index is 980. The second-order valence-corrected chi connectivity index (χ2v) is 7.90. The van der Waals surface area contributed by atoms with Crippen molar-refractivity contribution in [3.63, 3.8) is 0 Å². The van der Waals surface area contributed by atoms with Crippen LogP contribution in [0.1, 0.15) is 59.5 Å². The van der Waals surface area contributed by atoms with E-state index >= 15 is 0 Å². The molecule has 2 aromatic carbocycles. The SMILES string of the molecule is NC(=O)c1cnc(Nc2ccc(C3CCCCC3)cc2)cc1NCc1ccccc1. The lowest BCUT2D eigenvalue weighted by atomic mass is 9.84. The summed E-state index contributed by atoms with van der Waals surface area (Å²) in [6.45, 7) is 0.598. The quantitative estimate of drug-likeness (QED) is 0.483. The number of amides is 1. The lowest BCUT2D eigenvalue weighted by Gasteiger charge is -2.22. The number of carbonyl (C=O) groups is 1. The molecule has 5 heteroatoms. The van der Waals surface area contributed by atoms with E-state index in [9.17, 15) is 4.79 Å². The molecule has 30 heavy (non-hydrogen) atoms. The van der Waals surface area contributed by atoms with Crippen molar-refractivity contribution >= 4 is 23.1 Å². The summed E-state index contributed by atoms with van der Waals surface area (Å²) in [6.07, 6.45) is 8.13. The summed E-state index contributed by atoms with van der Waals surface area (Å²) in [5, 5.41) is 6.64. The van der Waals surface area contributed by atoms with Crippen LogP contribution in [0.15, 0.2) is 66.9 Å². The number of carbonyl (C=O) groups excluding carboxylic acids is 1. The van der Waals surface area contributed by atoms with Crippen molar-refractivity contribution in [2.24, 2.45) is 5.73 Å². The number of nitrogens with one attached hydrogen (secondary N) is 2. The fourth-order valence-electron chi connectivity index (χ4n) is 4.08. The minimum Gasteiger partial charge on any atom is -0.380 e. The van der Waals surface area contributed by atoms with E-state index in [1.54, 1.807) is 0 Å². The minimum absolute atomic E-state index is 0.379. The molecule has 1 aromatic heterocycles. The van der Waals surface area contributed by atoms with Crippen molar-refractivity contribution in [1.82, 2.24) is 4.98 Å². The smallest absolute Gasteiger partial charge is 0.252 e. The van der Waals surface area contributed by atoms with Crippen LogP contribution in [-0.2, 0) is 6.54 Å². The van der Waals surface area contributed by atoms with E-state index in [4.69, 9.17) is 5.73 Å². The molecule has 1 aliphatic carbocycles. The maximum absolute atomic E-state index is 11.8. The summed E-state index contributed by atoms with van der Waals surface area (Å²) in [7, 11) is 0. The average Bonchev–Trinajstić information content (AvgIpc) is 2.79. The van der Waals surface area contributed by atoms with Gasteiger partial charge >= 0.3 is 0 Å². The summed E-state index contributed by atoms with van der Waals surface area (Å²) in [5.41, 5.74) is 10.1. The number of pyridine rings is 1. The van der Waals surface area contributed by atoms with Crippen molar-refractivity contribution in [1.29, 1.82) is 0 Å². The third-order valence-electron chi connectivity index (χ3n) is 5.75. The van der Waals surface area contributed by atoms with Crippen LogP contribution in [0.4, 0.5) is 17.2 Å². The van der Waals surface area contributed by atoms with Gasteiger partial charge in [0, 0.05) is 24.5 Å². The van der Waals surface area contributed by atoms with E-state index in [-0.39, 0.29) is 0 Å². The summed E-state index contributed by atoms with van der Waals surface area (Å²) in [4.78, 5) is 16.2. The van der Waals surface area contributed by atoms with Crippen molar-refractivity contribution in [3.05, 3.63) is 83.6 Å². The molecular weight excluding hydrogens is 372 g/mol. The van der Waals surface area contributed by atoms with Crippen molar-refractivity contribution in [2.75, 3.05) is 10.6 Å². The van der Waals surface area contributed by atoms with Gasteiger partial charge in [-0.2, -0.15) is 0 Å². The van der Waals surface area contributed by atoms with Crippen LogP contribution >= 0.6 is 0 Å². The molecule has 154 valence electrons. The van der Waals surface area contributed by atoms with E-state index < -0.39 is 5.91 Å². The molecule has 0 spiro atoms. The molecule has 4 N–H and O–H groups in total. The van der Waals surface area contributed by atoms with E-state index in [1.165, 1.54) is 43.9 Å². The topological polar surface area (TPSA) is 80.0 Å². The van der Waals surface area contributed by atoms with Gasteiger partial charge in [0.15, 0.2) is 0 Å². The van der Waals surface area contributed by atoms with Gasteiger partial charge in [0.1, 0.15) is 5.82 Å². The second-order valence-electron chi connectivity index (χ2n) is 7.90. The zero-order valence-electron chi connectivity index (χ0n) is 17.1. The van der Waals surface area contributed by atoms with Crippen LogP contribution in [0.2, 0.25) is 0 Å². The highest BCUT2D eigenvalue weighted by atomic mass is 16.1. The van der Waals surface area contributed by atoms with E-state index in [0.717, 1.165) is 11.3 Å². The number of hydrogen-bond donors (Lipinski definition) is 3. The predicted molar refractivity (Wildman–Crippen MR) is 122 cm³/mol. The van der Waals surface area contributed by atoms with Crippen molar-refractivity contribution in [3.8, 4) is 0 Å². The molecule has 0 saturated heterocycles. The number of benzene rings is 2. The minimum atomic E-state index is -0.499. The maximum Gasteiger partial charge on any atom is 0.252 e. The van der Waals surface area contributed by atoms with E-state index in [2.05, 4.69) is 39.9 Å². The molecule has 1 fully saturated rings. The highest BCUT2D eigenvalue weighted by Gasteiger charge is 2.15. The Hall–Kier alpha value is -3.34. The number of hydrogen-bond acceptors (Lipinski definition) is 4. The lowest BCUT2D eigenvalue weighted by Crippen LogP contribution is -2.15. The van der Waals surface area contributed by atoms with Gasteiger partial charge in [0.2, 0.25) is 0 Å². The summed E-state index contributed by atoms with van der Waals surface area (Å²) in [6, 6.07) is 20.5. The Balaban J connectivity index is 1.47. The number of primary amides is 1. The first-order chi connectivity index (χ1) is 14.7. The van der Waals surface area contributed by atoms with Crippen LogP contribution in [0.25, 0.3) is 0 Å². The van der Waals surface area contributed by atoms with E-state index in [0.29, 0.717) is 29.5 Å². The second kappa shape index (κ2) is 9.44. The Morgan fingerprint density at radius 2 is 1.73 bits per heavy atom. The normalized spacial score (nSPS) is 14.3. The summed E-state index contributed by atoms with van der Waals surface area (Å²) in [5.74, 6) is 0.858. The zero-order chi connectivity index (χ0) is 20.8. The zero-order valence-corrected chi connectivity index (χ0v) is 17.1.